The van der Waals surface area contributed by atoms with Gasteiger partial charge >= 0.3 is 0 Å². The fourth-order valence-electron chi connectivity index (χ4n) is 3.53. The Bertz CT molecular complexity index is 1000. The van der Waals surface area contributed by atoms with E-state index in [1.807, 2.05) is 45.0 Å². The van der Waals surface area contributed by atoms with Crippen molar-refractivity contribution in [3.8, 4) is 11.5 Å². The van der Waals surface area contributed by atoms with Crippen LogP contribution in [0.3, 0.4) is 0 Å². The van der Waals surface area contributed by atoms with E-state index >= 15 is 0 Å². The maximum absolute atomic E-state index is 12.6. The summed E-state index contributed by atoms with van der Waals surface area (Å²) in [5.41, 5.74) is 7.05. The average Bonchev–Trinajstić information content (AvgIpc) is 3.18. The van der Waals surface area contributed by atoms with Gasteiger partial charge in [0.05, 0.1) is 19.1 Å². The molecule has 2 aromatic rings. The summed E-state index contributed by atoms with van der Waals surface area (Å²) >= 11 is 0. The van der Waals surface area contributed by atoms with E-state index in [-0.39, 0.29) is 25.0 Å². The quantitative estimate of drug-likeness (QED) is 0.647. The Labute approximate surface area is 187 Å². The van der Waals surface area contributed by atoms with Crippen molar-refractivity contribution in [3.63, 3.8) is 0 Å². The molecule has 170 valence electrons. The van der Waals surface area contributed by atoms with Crippen LogP contribution in [0.1, 0.15) is 43.1 Å². The van der Waals surface area contributed by atoms with Gasteiger partial charge in [0.2, 0.25) is 11.8 Å². The van der Waals surface area contributed by atoms with E-state index in [2.05, 4.69) is 10.9 Å². The lowest BCUT2D eigenvalue weighted by Crippen LogP contribution is -2.45. The molecule has 8 nitrogen and oxygen atoms in total. The molecule has 3 amide bonds. The molecule has 8 heteroatoms. The van der Waals surface area contributed by atoms with Crippen LogP contribution in [0.2, 0.25) is 0 Å². The van der Waals surface area contributed by atoms with E-state index < -0.39 is 17.7 Å². The third-order valence-electron chi connectivity index (χ3n) is 5.21. The SMILES string of the molecule is CCc1cccc(N2C[C@@H](C(=O)NNC(=O)c3ccc(OC(C)C)c(OC)c3)CC2=O)c1. The van der Waals surface area contributed by atoms with Crippen LogP contribution in [-0.4, -0.2) is 37.5 Å². The summed E-state index contributed by atoms with van der Waals surface area (Å²) < 4.78 is 10.9. The van der Waals surface area contributed by atoms with Gasteiger partial charge in [-0.25, -0.2) is 0 Å². The minimum atomic E-state index is -0.551. The van der Waals surface area contributed by atoms with E-state index in [0.29, 0.717) is 17.1 Å². The maximum atomic E-state index is 12.6. The Balaban J connectivity index is 1.59. The van der Waals surface area contributed by atoms with Gasteiger partial charge in [-0.1, -0.05) is 19.1 Å². The molecule has 2 aromatic carbocycles. The molecule has 0 saturated carbocycles. The zero-order valence-electron chi connectivity index (χ0n) is 18.8. The van der Waals surface area contributed by atoms with Crippen molar-refractivity contribution in [2.45, 2.75) is 39.7 Å². The monoisotopic (exact) mass is 439 g/mol. The summed E-state index contributed by atoms with van der Waals surface area (Å²) in [5, 5.41) is 0. The lowest BCUT2D eigenvalue weighted by molar-refractivity contribution is -0.126. The van der Waals surface area contributed by atoms with Crippen LogP contribution in [0.25, 0.3) is 0 Å². The second kappa shape index (κ2) is 10.2. The third-order valence-corrected chi connectivity index (χ3v) is 5.21. The molecule has 0 unspecified atom stereocenters. The van der Waals surface area contributed by atoms with Crippen molar-refractivity contribution in [2.75, 3.05) is 18.6 Å². The molecule has 1 saturated heterocycles. The molecule has 0 aliphatic carbocycles. The summed E-state index contributed by atoms with van der Waals surface area (Å²) in [4.78, 5) is 39.1. The first kappa shape index (κ1) is 23.1. The Morgan fingerprint density at radius 2 is 1.91 bits per heavy atom. The van der Waals surface area contributed by atoms with Crippen LogP contribution in [0.4, 0.5) is 5.69 Å². The lowest BCUT2D eigenvalue weighted by atomic mass is 10.1. The number of amides is 3. The molecule has 1 atom stereocenters. The van der Waals surface area contributed by atoms with Crippen molar-refractivity contribution >= 4 is 23.4 Å². The van der Waals surface area contributed by atoms with Crippen molar-refractivity contribution in [1.29, 1.82) is 0 Å². The summed E-state index contributed by atoms with van der Waals surface area (Å²) in [6.45, 7) is 6.10. The predicted octanol–water partition coefficient (Wildman–Crippen LogP) is 2.86. The van der Waals surface area contributed by atoms with Gasteiger partial charge in [0.1, 0.15) is 0 Å². The van der Waals surface area contributed by atoms with E-state index in [1.165, 1.54) is 7.11 Å². The molecule has 0 radical (unpaired) electrons. The van der Waals surface area contributed by atoms with E-state index in [1.54, 1.807) is 23.1 Å². The van der Waals surface area contributed by atoms with Gasteiger partial charge in [-0.15, -0.1) is 0 Å². The standard InChI is InChI=1S/C24H29N3O5/c1-5-16-7-6-8-19(11-16)27-14-18(13-22(27)28)24(30)26-25-23(29)17-9-10-20(32-15(2)3)21(12-17)31-4/h6-12,15,18H,5,13-14H2,1-4H3,(H,25,29)(H,26,30)/t18-/m0/s1. The number of ether oxygens (including phenoxy) is 2. The number of hydrogen-bond donors (Lipinski definition) is 2. The van der Waals surface area contributed by atoms with Gasteiger partial charge < -0.3 is 14.4 Å². The highest BCUT2D eigenvalue weighted by molar-refractivity contribution is 6.01. The second-order valence-corrected chi connectivity index (χ2v) is 7.90. The van der Waals surface area contributed by atoms with Crippen LogP contribution in [-0.2, 0) is 16.0 Å². The van der Waals surface area contributed by atoms with Crippen LogP contribution >= 0.6 is 0 Å². The van der Waals surface area contributed by atoms with Gasteiger partial charge in [0.15, 0.2) is 11.5 Å². The number of hydrazine groups is 1. The van der Waals surface area contributed by atoms with Crippen molar-refractivity contribution in [2.24, 2.45) is 5.92 Å². The van der Waals surface area contributed by atoms with Gasteiger partial charge in [0, 0.05) is 24.2 Å². The van der Waals surface area contributed by atoms with Crippen LogP contribution < -0.4 is 25.2 Å². The molecule has 1 heterocycles. The van der Waals surface area contributed by atoms with Gasteiger partial charge in [-0.2, -0.15) is 0 Å². The van der Waals surface area contributed by atoms with E-state index in [9.17, 15) is 14.4 Å². The molecule has 1 fully saturated rings. The van der Waals surface area contributed by atoms with E-state index in [4.69, 9.17) is 9.47 Å². The summed E-state index contributed by atoms with van der Waals surface area (Å²) in [6, 6.07) is 12.5. The second-order valence-electron chi connectivity index (χ2n) is 7.90. The lowest BCUT2D eigenvalue weighted by Gasteiger charge is -2.18. The minimum absolute atomic E-state index is 0.0407. The Hall–Kier alpha value is -3.55. The summed E-state index contributed by atoms with van der Waals surface area (Å²) in [6.07, 6.45) is 0.912. The zero-order chi connectivity index (χ0) is 23.3. The smallest absolute Gasteiger partial charge is 0.269 e. The van der Waals surface area contributed by atoms with Crippen LogP contribution in [0, 0.1) is 5.92 Å². The molecule has 0 spiro atoms. The Morgan fingerprint density at radius 3 is 2.59 bits per heavy atom. The number of benzene rings is 2. The summed E-state index contributed by atoms with van der Waals surface area (Å²) in [5.74, 6) is -0.624. The topological polar surface area (TPSA) is 97.0 Å². The molecule has 1 aliphatic rings. The number of anilines is 1. The molecule has 2 N–H and O–H groups in total. The number of hydrogen-bond acceptors (Lipinski definition) is 5. The molecule has 32 heavy (non-hydrogen) atoms. The number of carbonyl (C=O) groups excluding carboxylic acids is 3. The highest BCUT2D eigenvalue weighted by Crippen LogP contribution is 2.29. The zero-order valence-corrected chi connectivity index (χ0v) is 18.8. The van der Waals surface area contributed by atoms with Crippen molar-refractivity contribution in [1.82, 2.24) is 10.9 Å². The number of aryl methyl sites for hydroxylation is 1. The number of nitrogens with zero attached hydrogens (tertiary/aromatic N) is 1. The normalized spacial score (nSPS) is 15.6. The van der Waals surface area contributed by atoms with Crippen molar-refractivity contribution < 1.29 is 23.9 Å². The number of carbonyl (C=O) groups is 3. The molecule has 1 aliphatic heterocycles. The molecular formula is C24H29N3O5. The first-order chi connectivity index (χ1) is 15.3. The summed E-state index contributed by atoms with van der Waals surface area (Å²) in [7, 11) is 1.49. The molecular weight excluding hydrogens is 410 g/mol. The van der Waals surface area contributed by atoms with Gasteiger partial charge in [0.25, 0.3) is 5.91 Å². The van der Waals surface area contributed by atoms with Gasteiger partial charge in [-0.3, -0.25) is 25.2 Å². The maximum Gasteiger partial charge on any atom is 0.269 e. The first-order valence-corrected chi connectivity index (χ1v) is 10.7. The fraction of sp³-hybridized carbons (Fsp3) is 0.375. The first-order valence-electron chi connectivity index (χ1n) is 10.7. The van der Waals surface area contributed by atoms with Gasteiger partial charge in [-0.05, 0) is 56.2 Å². The van der Waals surface area contributed by atoms with Crippen LogP contribution in [0.15, 0.2) is 42.5 Å². The molecule has 3 rings (SSSR count). The fourth-order valence-corrected chi connectivity index (χ4v) is 3.53. The number of rotatable bonds is 7. The Morgan fingerprint density at radius 1 is 1.12 bits per heavy atom. The van der Waals surface area contributed by atoms with Crippen molar-refractivity contribution in [3.05, 3.63) is 53.6 Å². The number of nitrogens with one attached hydrogen (secondary N) is 2. The molecule has 0 aromatic heterocycles. The Kier molecular flexibility index (Phi) is 7.35. The molecule has 0 bridgehead atoms. The average molecular weight is 440 g/mol. The highest BCUT2D eigenvalue weighted by atomic mass is 16.5. The highest BCUT2D eigenvalue weighted by Gasteiger charge is 2.35. The minimum Gasteiger partial charge on any atom is -0.493 e. The van der Waals surface area contributed by atoms with Crippen LogP contribution in [0.5, 0.6) is 11.5 Å². The largest absolute Gasteiger partial charge is 0.493 e. The third kappa shape index (κ3) is 5.38. The predicted molar refractivity (Wildman–Crippen MR) is 121 cm³/mol. The number of methoxy groups -OCH3 is 1. The van der Waals surface area contributed by atoms with E-state index in [0.717, 1.165) is 17.7 Å².